The highest BCUT2D eigenvalue weighted by Crippen LogP contribution is 2.25. The predicted octanol–water partition coefficient (Wildman–Crippen LogP) is 4.97. The van der Waals surface area contributed by atoms with Gasteiger partial charge in [-0.15, -0.1) is 0 Å². The zero-order valence-electron chi connectivity index (χ0n) is 16.5. The molecule has 1 heterocycles. The average molecular weight is 406 g/mol. The lowest BCUT2D eigenvalue weighted by Crippen LogP contribution is -2.36. The first-order valence-electron chi connectivity index (χ1n) is 9.85. The SMILES string of the molecule is O=C(Nc1ccccc1)N1CCOc2ccc(COCc3ccc(F)cc3)cc2C1. The number of benzene rings is 3. The number of rotatable bonds is 5. The summed E-state index contributed by atoms with van der Waals surface area (Å²) < 4.78 is 24.6. The Balaban J connectivity index is 1.38. The molecule has 1 N–H and O–H groups in total. The highest BCUT2D eigenvalue weighted by atomic mass is 19.1. The van der Waals surface area contributed by atoms with Gasteiger partial charge in [-0.1, -0.05) is 36.4 Å². The Morgan fingerprint density at radius 1 is 1.00 bits per heavy atom. The van der Waals surface area contributed by atoms with Crippen LogP contribution in [0.25, 0.3) is 0 Å². The van der Waals surface area contributed by atoms with Crippen molar-refractivity contribution in [3.8, 4) is 5.75 Å². The van der Waals surface area contributed by atoms with Crippen molar-refractivity contribution >= 4 is 11.7 Å². The summed E-state index contributed by atoms with van der Waals surface area (Å²) in [6.07, 6.45) is 0. The first kappa shape index (κ1) is 19.9. The summed E-state index contributed by atoms with van der Waals surface area (Å²) in [6, 6.07) is 21.4. The van der Waals surface area contributed by atoms with Crippen LogP contribution in [0.3, 0.4) is 0 Å². The molecule has 0 aliphatic carbocycles. The Hall–Kier alpha value is -3.38. The number of carbonyl (C=O) groups excluding carboxylic acids is 1. The van der Waals surface area contributed by atoms with Gasteiger partial charge in [-0.2, -0.15) is 0 Å². The van der Waals surface area contributed by atoms with Crippen molar-refractivity contribution in [1.82, 2.24) is 4.90 Å². The minimum absolute atomic E-state index is 0.157. The Kier molecular flexibility index (Phi) is 6.25. The van der Waals surface area contributed by atoms with Gasteiger partial charge in [0, 0.05) is 11.3 Å². The number of hydrogen-bond acceptors (Lipinski definition) is 3. The van der Waals surface area contributed by atoms with E-state index in [1.165, 1.54) is 12.1 Å². The summed E-state index contributed by atoms with van der Waals surface area (Å²) in [5.41, 5.74) is 3.61. The van der Waals surface area contributed by atoms with E-state index in [2.05, 4.69) is 5.32 Å². The second kappa shape index (κ2) is 9.41. The number of para-hydroxylation sites is 1. The lowest BCUT2D eigenvalue weighted by Gasteiger charge is -2.20. The van der Waals surface area contributed by atoms with E-state index in [1.807, 2.05) is 48.5 Å². The summed E-state index contributed by atoms with van der Waals surface area (Å²) >= 11 is 0. The molecular weight excluding hydrogens is 383 g/mol. The van der Waals surface area contributed by atoms with Crippen LogP contribution in [-0.2, 0) is 24.5 Å². The second-order valence-corrected chi connectivity index (χ2v) is 7.13. The van der Waals surface area contributed by atoms with Gasteiger partial charge in [0.1, 0.15) is 18.2 Å². The molecule has 154 valence electrons. The van der Waals surface area contributed by atoms with E-state index in [1.54, 1.807) is 17.0 Å². The van der Waals surface area contributed by atoms with Crippen LogP contribution in [0.4, 0.5) is 14.9 Å². The molecule has 0 radical (unpaired) electrons. The van der Waals surface area contributed by atoms with Gasteiger partial charge in [-0.3, -0.25) is 0 Å². The highest BCUT2D eigenvalue weighted by molar-refractivity contribution is 5.89. The number of halogens is 1. The largest absolute Gasteiger partial charge is 0.491 e. The Bertz CT molecular complexity index is 993. The van der Waals surface area contributed by atoms with Crippen LogP contribution in [0.5, 0.6) is 5.75 Å². The molecule has 0 saturated carbocycles. The van der Waals surface area contributed by atoms with E-state index in [4.69, 9.17) is 9.47 Å². The summed E-state index contributed by atoms with van der Waals surface area (Å²) in [5.74, 6) is 0.526. The molecule has 0 unspecified atom stereocenters. The minimum atomic E-state index is -0.259. The molecule has 4 rings (SSSR count). The van der Waals surface area contributed by atoms with Gasteiger partial charge in [0.2, 0.25) is 0 Å². The van der Waals surface area contributed by atoms with Crippen molar-refractivity contribution in [3.63, 3.8) is 0 Å². The fourth-order valence-corrected chi connectivity index (χ4v) is 3.30. The van der Waals surface area contributed by atoms with Crippen LogP contribution in [0, 0.1) is 5.82 Å². The van der Waals surface area contributed by atoms with Crippen molar-refractivity contribution in [2.75, 3.05) is 18.5 Å². The quantitative estimate of drug-likeness (QED) is 0.651. The number of anilines is 1. The van der Waals surface area contributed by atoms with Crippen LogP contribution in [0.15, 0.2) is 72.8 Å². The van der Waals surface area contributed by atoms with Gasteiger partial charge in [0.05, 0.1) is 26.3 Å². The van der Waals surface area contributed by atoms with E-state index in [-0.39, 0.29) is 11.8 Å². The Morgan fingerprint density at radius 3 is 2.53 bits per heavy atom. The number of carbonyl (C=O) groups is 1. The highest BCUT2D eigenvalue weighted by Gasteiger charge is 2.20. The van der Waals surface area contributed by atoms with E-state index in [9.17, 15) is 9.18 Å². The topological polar surface area (TPSA) is 50.8 Å². The van der Waals surface area contributed by atoms with Gasteiger partial charge in [0.25, 0.3) is 0 Å². The smallest absolute Gasteiger partial charge is 0.322 e. The lowest BCUT2D eigenvalue weighted by atomic mass is 10.1. The molecule has 30 heavy (non-hydrogen) atoms. The van der Waals surface area contributed by atoms with Crippen molar-refractivity contribution in [2.24, 2.45) is 0 Å². The monoisotopic (exact) mass is 406 g/mol. The third-order valence-corrected chi connectivity index (χ3v) is 4.87. The molecule has 3 aromatic carbocycles. The Labute approximate surface area is 175 Å². The van der Waals surface area contributed by atoms with Gasteiger partial charge >= 0.3 is 6.03 Å². The number of amides is 2. The minimum Gasteiger partial charge on any atom is -0.491 e. The number of nitrogens with one attached hydrogen (secondary N) is 1. The summed E-state index contributed by atoms with van der Waals surface area (Å²) in [4.78, 5) is 14.4. The molecular formula is C24H23FN2O3. The molecule has 3 aromatic rings. The molecule has 0 atom stereocenters. The van der Waals surface area contributed by atoms with Crippen molar-refractivity contribution < 1.29 is 18.7 Å². The zero-order chi connectivity index (χ0) is 20.8. The van der Waals surface area contributed by atoms with Gasteiger partial charge in [-0.05, 0) is 47.5 Å². The molecule has 0 fully saturated rings. The maximum atomic E-state index is 13.0. The number of urea groups is 1. The third kappa shape index (κ3) is 5.15. The average Bonchev–Trinajstić information content (AvgIpc) is 2.98. The number of nitrogens with zero attached hydrogens (tertiary/aromatic N) is 1. The lowest BCUT2D eigenvalue weighted by molar-refractivity contribution is 0.107. The van der Waals surface area contributed by atoms with E-state index < -0.39 is 0 Å². The van der Waals surface area contributed by atoms with Gasteiger partial charge < -0.3 is 19.7 Å². The fraction of sp³-hybridized carbons (Fsp3) is 0.208. The molecule has 0 bridgehead atoms. The van der Waals surface area contributed by atoms with Crippen LogP contribution in [-0.4, -0.2) is 24.1 Å². The zero-order valence-corrected chi connectivity index (χ0v) is 16.5. The van der Waals surface area contributed by atoms with Gasteiger partial charge in [-0.25, -0.2) is 9.18 Å². The normalized spacial score (nSPS) is 13.2. The molecule has 0 saturated heterocycles. The maximum absolute atomic E-state index is 13.0. The van der Waals surface area contributed by atoms with E-state index in [0.717, 1.165) is 28.1 Å². The first-order valence-corrected chi connectivity index (χ1v) is 9.85. The maximum Gasteiger partial charge on any atom is 0.322 e. The van der Waals surface area contributed by atoms with Crippen molar-refractivity contribution in [1.29, 1.82) is 0 Å². The molecule has 5 nitrogen and oxygen atoms in total. The van der Waals surface area contributed by atoms with E-state index in [0.29, 0.717) is 32.9 Å². The summed E-state index contributed by atoms with van der Waals surface area (Å²) in [6.45, 7) is 2.22. The number of hydrogen-bond donors (Lipinski definition) is 1. The van der Waals surface area contributed by atoms with E-state index >= 15 is 0 Å². The summed E-state index contributed by atoms with van der Waals surface area (Å²) in [5, 5.41) is 2.92. The van der Waals surface area contributed by atoms with Gasteiger partial charge in [0.15, 0.2) is 0 Å². The molecule has 1 aliphatic rings. The van der Waals surface area contributed by atoms with Crippen molar-refractivity contribution in [2.45, 2.75) is 19.8 Å². The van der Waals surface area contributed by atoms with Crippen molar-refractivity contribution in [3.05, 3.63) is 95.3 Å². The molecule has 1 aliphatic heterocycles. The molecule has 0 spiro atoms. The molecule has 6 heteroatoms. The van der Waals surface area contributed by atoms with Crippen LogP contribution in [0.1, 0.15) is 16.7 Å². The molecule has 0 aromatic heterocycles. The fourth-order valence-electron chi connectivity index (χ4n) is 3.30. The second-order valence-electron chi connectivity index (χ2n) is 7.13. The Morgan fingerprint density at radius 2 is 1.73 bits per heavy atom. The van der Waals surface area contributed by atoms with Crippen LogP contribution >= 0.6 is 0 Å². The van der Waals surface area contributed by atoms with Crippen LogP contribution in [0.2, 0.25) is 0 Å². The molecule has 2 amide bonds. The summed E-state index contributed by atoms with van der Waals surface area (Å²) in [7, 11) is 0. The third-order valence-electron chi connectivity index (χ3n) is 4.87. The number of fused-ring (bicyclic) bond motifs is 1. The van der Waals surface area contributed by atoms with Crippen LogP contribution < -0.4 is 10.1 Å². The number of ether oxygens (including phenoxy) is 2. The standard InChI is InChI=1S/C24H23FN2O3/c25-21-9-6-18(7-10-21)16-29-17-19-8-11-23-20(14-19)15-27(12-13-30-23)24(28)26-22-4-2-1-3-5-22/h1-11,14H,12-13,15-17H2,(H,26,28). The predicted molar refractivity (Wildman–Crippen MR) is 113 cm³/mol. The first-order chi connectivity index (χ1) is 14.7.